The molecule has 0 atom stereocenters. The van der Waals surface area contributed by atoms with Crippen molar-refractivity contribution in [3.63, 3.8) is 0 Å². The van der Waals surface area contributed by atoms with Crippen LogP contribution in [-0.2, 0) is 0 Å². The predicted molar refractivity (Wildman–Crippen MR) is 77.4 cm³/mol. The normalized spacial score (nSPS) is 9.42. The first-order valence-electron chi connectivity index (χ1n) is 5.63. The van der Waals surface area contributed by atoms with Gasteiger partial charge in [0.25, 0.3) is 0 Å². The van der Waals surface area contributed by atoms with Crippen molar-refractivity contribution in [1.82, 2.24) is 0 Å². The van der Waals surface area contributed by atoms with E-state index in [1.165, 1.54) is 11.8 Å². The van der Waals surface area contributed by atoms with Crippen LogP contribution in [0.25, 0.3) is 0 Å². The van der Waals surface area contributed by atoms with Gasteiger partial charge in [-0.05, 0) is 30.5 Å². The number of thioether (sulfide) groups is 1. The fraction of sp³-hybridized carbons (Fsp3) is 0.0667. The Morgan fingerprint density at radius 3 is 2.37 bits per heavy atom. The first-order chi connectivity index (χ1) is 9.30. The Labute approximate surface area is 116 Å². The Hall–Kier alpha value is -2.43. The number of hydrogen-bond donors (Lipinski definition) is 1. The van der Waals surface area contributed by atoms with E-state index in [1.807, 2.05) is 42.7 Å². The van der Waals surface area contributed by atoms with Gasteiger partial charge in [0.15, 0.2) is 0 Å². The summed E-state index contributed by atoms with van der Waals surface area (Å²) in [6, 6.07) is 17.2. The predicted octanol–water partition coefficient (Wildman–Crippen LogP) is 3.90. The van der Waals surface area contributed by atoms with Gasteiger partial charge in [-0.1, -0.05) is 18.2 Å². The van der Waals surface area contributed by atoms with Gasteiger partial charge < -0.3 is 5.32 Å². The van der Waals surface area contributed by atoms with Crippen LogP contribution in [0.2, 0.25) is 0 Å². The summed E-state index contributed by atoms with van der Waals surface area (Å²) >= 11 is 1.53. The lowest BCUT2D eigenvalue weighted by molar-refractivity contribution is 1.35. The summed E-state index contributed by atoms with van der Waals surface area (Å²) in [5, 5.41) is 21.5. The van der Waals surface area contributed by atoms with Gasteiger partial charge >= 0.3 is 0 Å². The van der Waals surface area contributed by atoms with E-state index in [0.29, 0.717) is 16.8 Å². The van der Waals surface area contributed by atoms with Crippen LogP contribution in [0.3, 0.4) is 0 Å². The molecule has 0 aliphatic heterocycles. The largest absolute Gasteiger partial charge is 0.353 e. The van der Waals surface area contributed by atoms with Crippen LogP contribution >= 0.6 is 11.8 Å². The van der Waals surface area contributed by atoms with E-state index in [2.05, 4.69) is 17.5 Å². The van der Waals surface area contributed by atoms with E-state index >= 15 is 0 Å². The highest BCUT2D eigenvalue weighted by Gasteiger charge is 2.09. The van der Waals surface area contributed by atoms with E-state index < -0.39 is 0 Å². The van der Waals surface area contributed by atoms with Crippen molar-refractivity contribution in [2.24, 2.45) is 0 Å². The monoisotopic (exact) mass is 265 g/mol. The van der Waals surface area contributed by atoms with E-state index in [9.17, 15) is 5.26 Å². The Kier molecular flexibility index (Phi) is 4.07. The van der Waals surface area contributed by atoms with Crippen LogP contribution in [0.1, 0.15) is 11.1 Å². The zero-order valence-corrected chi connectivity index (χ0v) is 11.2. The topological polar surface area (TPSA) is 59.6 Å². The van der Waals surface area contributed by atoms with Crippen LogP contribution in [0.4, 0.5) is 11.4 Å². The minimum atomic E-state index is 0.556. The number of hydrogen-bond acceptors (Lipinski definition) is 4. The quantitative estimate of drug-likeness (QED) is 0.855. The van der Waals surface area contributed by atoms with Gasteiger partial charge in [-0.3, -0.25) is 0 Å². The van der Waals surface area contributed by atoms with Crippen LogP contribution in [0.15, 0.2) is 47.4 Å². The lowest BCUT2D eigenvalue weighted by Gasteiger charge is -2.11. The van der Waals surface area contributed by atoms with Gasteiger partial charge in [0.2, 0.25) is 0 Å². The van der Waals surface area contributed by atoms with Crippen LogP contribution in [-0.4, -0.2) is 6.26 Å². The van der Waals surface area contributed by atoms with Crippen molar-refractivity contribution in [2.75, 3.05) is 11.6 Å². The summed E-state index contributed by atoms with van der Waals surface area (Å²) in [6.07, 6.45) is 1.93. The summed E-state index contributed by atoms with van der Waals surface area (Å²) in [4.78, 5) is 0.918. The third-order valence-corrected chi connectivity index (χ3v) is 3.45. The molecule has 0 aliphatic carbocycles. The molecule has 0 aromatic heterocycles. The molecule has 1 N–H and O–H groups in total. The molecule has 92 valence electrons. The maximum absolute atomic E-state index is 9.27. The first-order valence-corrected chi connectivity index (χ1v) is 6.86. The smallest absolute Gasteiger partial charge is 0.103 e. The van der Waals surface area contributed by atoms with E-state index in [0.717, 1.165) is 10.6 Å². The molecule has 0 spiro atoms. The SMILES string of the molecule is CSc1cccc(Nc2ccccc2C#N)c1C#N. The van der Waals surface area contributed by atoms with E-state index in [1.54, 1.807) is 6.07 Å². The third-order valence-electron chi connectivity index (χ3n) is 2.67. The molecular formula is C15H11N3S. The fourth-order valence-corrected chi connectivity index (χ4v) is 2.33. The highest BCUT2D eigenvalue weighted by molar-refractivity contribution is 7.98. The lowest BCUT2D eigenvalue weighted by atomic mass is 10.1. The molecule has 0 heterocycles. The number of anilines is 2. The fourth-order valence-electron chi connectivity index (χ4n) is 1.76. The minimum absolute atomic E-state index is 0.556. The second-order valence-corrected chi connectivity index (χ2v) is 4.63. The Morgan fingerprint density at radius 2 is 1.68 bits per heavy atom. The van der Waals surface area contributed by atoms with Crippen LogP contribution in [0.5, 0.6) is 0 Å². The molecule has 0 unspecified atom stereocenters. The Morgan fingerprint density at radius 1 is 0.947 bits per heavy atom. The second kappa shape index (κ2) is 5.95. The standard InChI is InChI=1S/C15H11N3S/c1-19-15-8-4-7-14(12(15)10-17)18-13-6-3-2-5-11(13)9-16/h2-8,18H,1H3. The summed E-state index contributed by atoms with van der Waals surface area (Å²) in [6.45, 7) is 0. The summed E-state index contributed by atoms with van der Waals surface area (Å²) in [7, 11) is 0. The number of nitrogens with one attached hydrogen (secondary N) is 1. The average molecular weight is 265 g/mol. The maximum Gasteiger partial charge on any atom is 0.103 e. The van der Waals surface area contributed by atoms with Gasteiger partial charge in [0.1, 0.15) is 12.1 Å². The van der Waals surface area contributed by atoms with Crippen molar-refractivity contribution in [3.05, 3.63) is 53.6 Å². The summed E-state index contributed by atoms with van der Waals surface area (Å²) in [5.74, 6) is 0. The zero-order valence-electron chi connectivity index (χ0n) is 10.3. The van der Waals surface area contributed by atoms with Crippen molar-refractivity contribution >= 4 is 23.1 Å². The van der Waals surface area contributed by atoms with Crippen molar-refractivity contribution in [2.45, 2.75) is 4.90 Å². The number of rotatable bonds is 3. The highest BCUT2D eigenvalue weighted by atomic mass is 32.2. The second-order valence-electron chi connectivity index (χ2n) is 3.78. The van der Waals surface area contributed by atoms with Gasteiger partial charge in [-0.15, -0.1) is 11.8 Å². The third kappa shape index (κ3) is 2.70. The highest BCUT2D eigenvalue weighted by Crippen LogP contribution is 2.29. The molecule has 0 aliphatic rings. The van der Waals surface area contributed by atoms with Gasteiger partial charge in [-0.2, -0.15) is 10.5 Å². The lowest BCUT2D eigenvalue weighted by Crippen LogP contribution is -1.97. The van der Waals surface area contributed by atoms with Crippen molar-refractivity contribution < 1.29 is 0 Å². The molecule has 0 amide bonds. The molecule has 4 heteroatoms. The minimum Gasteiger partial charge on any atom is -0.353 e. The zero-order chi connectivity index (χ0) is 13.7. The van der Waals surface area contributed by atoms with Crippen molar-refractivity contribution in [3.8, 4) is 12.1 Å². The number of benzene rings is 2. The molecule has 2 aromatic rings. The number of para-hydroxylation sites is 1. The molecule has 0 radical (unpaired) electrons. The molecule has 0 bridgehead atoms. The summed E-state index contributed by atoms with van der Waals surface area (Å²) < 4.78 is 0. The average Bonchev–Trinajstić information content (AvgIpc) is 2.47. The molecule has 0 fully saturated rings. The molecule has 2 rings (SSSR count). The molecule has 0 saturated heterocycles. The van der Waals surface area contributed by atoms with Gasteiger partial charge in [0.05, 0.1) is 22.5 Å². The van der Waals surface area contributed by atoms with Crippen molar-refractivity contribution in [1.29, 1.82) is 10.5 Å². The molecular weight excluding hydrogens is 254 g/mol. The van der Waals surface area contributed by atoms with E-state index in [-0.39, 0.29) is 0 Å². The van der Waals surface area contributed by atoms with Crippen LogP contribution in [0, 0.1) is 22.7 Å². The maximum atomic E-state index is 9.27. The van der Waals surface area contributed by atoms with Crippen LogP contribution < -0.4 is 5.32 Å². The van der Waals surface area contributed by atoms with Gasteiger partial charge in [-0.25, -0.2) is 0 Å². The molecule has 2 aromatic carbocycles. The Balaban J connectivity index is 2.45. The molecule has 19 heavy (non-hydrogen) atoms. The van der Waals surface area contributed by atoms with Gasteiger partial charge in [0, 0.05) is 4.90 Å². The Bertz CT molecular complexity index is 681. The first kappa shape index (κ1) is 13.0. The number of nitriles is 2. The number of nitrogens with zero attached hydrogens (tertiary/aromatic N) is 2. The molecule has 3 nitrogen and oxygen atoms in total. The summed E-state index contributed by atoms with van der Waals surface area (Å²) in [5.41, 5.74) is 2.58. The van der Waals surface area contributed by atoms with E-state index in [4.69, 9.17) is 5.26 Å². The molecule has 0 saturated carbocycles.